The van der Waals surface area contributed by atoms with Crippen LogP contribution in [0.4, 0.5) is 8.78 Å². The van der Waals surface area contributed by atoms with Crippen molar-refractivity contribution in [1.29, 1.82) is 0 Å². The minimum absolute atomic E-state index is 0.160. The molecule has 0 unspecified atom stereocenters. The van der Waals surface area contributed by atoms with Crippen molar-refractivity contribution in [2.45, 2.75) is 12.8 Å². The highest BCUT2D eigenvalue weighted by molar-refractivity contribution is 14.1. The van der Waals surface area contributed by atoms with Gasteiger partial charge in [-0.3, -0.25) is 4.79 Å². The van der Waals surface area contributed by atoms with E-state index in [1.165, 1.54) is 7.11 Å². The number of hydrogen-bond donors (Lipinski definition) is 0. The molecule has 1 aromatic rings. The van der Waals surface area contributed by atoms with E-state index in [9.17, 15) is 13.6 Å². The highest BCUT2D eigenvalue weighted by Gasteiger charge is 2.20. The van der Waals surface area contributed by atoms with Gasteiger partial charge >= 0.3 is 5.97 Å². The Balaban J connectivity index is 3.20. The van der Waals surface area contributed by atoms with E-state index in [0.29, 0.717) is 12.8 Å². The second-order valence-corrected chi connectivity index (χ2v) is 4.95. The maximum Gasteiger partial charge on any atom is 0.310 e. The van der Waals surface area contributed by atoms with Gasteiger partial charge in [-0.05, 0) is 50.7 Å². The second-order valence-electron chi connectivity index (χ2n) is 2.85. The molecule has 0 fully saturated rings. The number of carbonyl (C=O) groups is 1. The number of alkyl halides is 2. The van der Waals surface area contributed by atoms with Gasteiger partial charge in [0.25, 0.3) is 6.43 Å². The van der Waals surface area contributed by atoms with Gasteiger partial charge in [-0.1, -0.05) is 0 Å². The highest BCUT2D eigenvalue weighted by atomic mass is 127. The average molecular weight is 453 g/mol. The van der Waals surface area contributed by atoms with Gasteiger partial charge in [0.2, 0.25) is 0 Å². The Hall–Kier alpha value is -0.0600. The summed E-state index contributed by atoms with van der Waals surface area (Å²) in [6.45, 7) is 0. The molecule has 0 amide bonds. The first kappa shape index (κ1) is 14.0. The van der Waals surface area contributed by atoms with Crippen LogP contribution in [0.1, 0.15) is 17.6 Å². The van der Waals surface area contributed by atoms with E-state index in [1.807, 2.05) is 45.2 Å². The Morgan fingerprint density at radius 1 is 1.56 bits per heavy atom. The summed E-state index contributed by atoms with van der Waals surface area (Å²) in [7, 11) is 1.23. The summed E-state index contributed by atoms with van der Waals surface area (Å²) in [5.41, 5.74) is 0.0806. The molecule has 0 saturated heterocycles. The van der Waals surface area contributed by atoms with Gasteiger partial charge in [0.05, 0.1) is 13.5 Å². The van der Waals surface area contributed by atoms with E-state index in [4.69, 9.17) is 0 Å². The first-order chi connectivity index (χ1) is 7.47. The van der Waals surface area contributed by atoms with E-state index in [2.05, 4.69) is 9.72 Å². The molecule has 0 atom stereocenters. The third kappa shape index (κ3) is 3.22. The van der Waals surface area contributed by atoms with Crippen molar-refractivity contribution in [3.8, 4) is 0 Å². The van der Waals surface area contributed by atoms with E-state index in [0.717, 1.165) is 6.20 Å². The number of ether oxygens (including phenoxy) is 1. The van der Waals surface area contributed by atoms with Crippen molar-refractivity contribution >= 4 is 51.2 Å². The first-order valence-electron chi connectivity index (χ1n) is 4.15. The quantitative estimate of drug-likeness (QED) is 0.402. The second kappa shape index (κ2) is 6.03. The van der Waals surface area contributed by atoms with Crippen molar-refractivity contribution in [2.75, 3.05) is 7.11 Å². The Morgan fingerprint density at radius 3 is 2.69 bits per heavy atom. The van der Waals surface area contributed by atoms with Crippen molar-refractivity contribution in [2.24, 2.45) is 0 Å². The van der Waals surface area contributed by atoms with Crippen LogP contribution in [0, 0.1) is 7.27 Å². The zero-order chi connectivity index (χ0) is 12.3. The number of methoxy groups -OCH3 is 1. The molecule has 1 rings (SSSR count). The molecule has 0 saturated carbocycles. The fourth-order valence-corrected chi connectivity index (χ4v) is 2.20. The summed E-state index contributed by atoms with van der Waals surface area (Å²) in [6, 6.07) is 0. The van der Waals surface area contributed by atoms with Crippen LogP contribution < -0.4 is 0 Å². The van der Waals surface area contributed by atoms with Gasteiger partial charge in [0.15, 0.2) is 0 Å². The third-order valence-corrected chi connectivity index (χ3v) is 4.91. The standard InChI is InChI=1S/C9H7F2I2NO2/c1-16-6(15)2-4-5(8(10)11)3-14-9(13)7(4)12/h3,8H,2H2,1H3. The molecule has 0 spiro atoms. The molecule has 7 heteroatoms. The molecule has 0 aliphatic heterocycles. The summed E-state index contributed by atoms with van der Waals surface area (Å²) < 4.78 is 31.0. The molecule has 0 bridgehead atoms. The number of esters is 1. The topological polar surface area (TPSA) is 39.2 Å². The van der Waals surface area contributed by atoms with Gasteiger partial charge in [-0.15, -0.1) is 0 Å². The molecule has 0 aromatic carbocycles. The van der Waals surface area contributed by atoms with Crippen LogP contribution in [0.25, 0.3) is 0 Å². The number of hydrogen-bond acceptors (Lipinski definition) is 3. The smallest absolute Gasteiger partial charge is 0.310 e. The number of aromatic nitrogens is 1. The van der Waals surface area contributed by atoms with Crippen LogP contribution in [0.5, 0.6) is 0 Å². The Labute approximate surface area is 118 Å². The molecule has 0 N–H and O–H groups in total. The predicted molar refractivity (Wildman–Crippen MR) is 70.3 cm³/mol. The van der Waals surface area contributed by atoms with E-state index in [1.54, 1.807) is 0 Å². The molecule has 0 radical (unpaired) electrons. The molecule has 0 aliphatic rings. The molecule has 0 aliphatic carbocycles. The Kier molecular flexibility index (Phi) is 5.28. The molecule has 1 heterocycles. The lowest BCUT2D eigenvalue weighted by atomic mass is 10.1. The lowest BCUT2D eigenvalue weighted by Gasteiger charge is -2.10. The van der Waals surface area contributed by atoms with Crippen LogP contribution >= 0.6 is 45.2 Å². The van der Waals surface area contributed by atoms with E-state index in [-0.39, 0.29) is 12.0 Å². The van der Waals surface area contributed by atoms with Gasteiger partial charge in [-0.2, -0.15) is 0 Å². The van der Waals surface area contributed by atoms with Crippen LogP contribution in [0.3, 0.4) is 0 Å². The fourth-order valence-electron chi connectivity index (χ4n) is 1.10. The normalized spacial score (nSPS) is 10.6. The Morgan fingerprint density at radius 2 is 2.19 bits per heavy atom. The summed E-state index contributed by atoms with van der Waals surface area (Å²) in [6.07, 6.45) is -1.70. The zero-order valence-corrected chi connectivity index (χ0v) is 12.5. The Bertz CT molecular complexity index is 413. The van der Waals surface area contributed by atoms with Crippen LogP contribution in [0.2, 0.25) is 0 Å². The molecule has 16 heavy (non-hydrogen) atoms. The number of rotatable bonds is 3. The van der Waals surface area contributed by atoms with Gasteiger partial charge in [0, 0.05) is 15.3 Å². The maximum absolute atomic E-state index is 12.7. The monoisotopic (exact) mass is 453 g/mol. The van der Waals surface area contributed by atoms with Gasteiger partial charge in [-0.25, -0.2) is 13.8 Å². The lowest BCUT2D eigenvalue weighted by molar-refractivity contribution is -0.139. The van der Waals surface area contributed by atoms with E-state index < -0.39 is 12.4 Å². The van der Waals surface area contributed by atoms with E-state index >= 15 is 0 Å². The van der Waals surface area contributed by atoms with Crippen LogP contribution in [0.15, 0.2) is 6.20 Å². The summed E-state index contributed by atoms with van der Waals surface area (Å²) in [5, 5.41) is 0. The lowest BCUT2D eigenvalue weighted by Crippen LogP contribution is -2.10. The maximum atomic E-state index is 12.7. The molecule has 1 aromatic heterocycles. The van der Waals surface area contributed by atoms with Crippen molar-refractivity contribution in [1.82, 2.24) is 4.98 Å². The fraction of sp³-hybridized carbons (Fsp3) is 0.333. The minimum Gasteiger partial charge on any atom is -0.469 e. The summed E-state index contributed by atoms with van der Waals surface area (Å²) >= 11 is 3.84. The van der Waals surface area contributed by atoms with Crippen LogP contribution in [-0.4, -0.2) is 18.1 Å². The first-order valence-corrected chi connectivity index (χ1v) is 6.30. The average Bonchev–Trinajstić information content (AvgIpc) is 2.24. The zero-order valence-electron chi connectivity index (χ0n) is 8.14. The highest BCUT2D eigenvalue weighted by Crippen LogP contribution is 2.28. The number of pyridine rings is 1. The third-order valence-electron chi connectivity index (χ3n) is 1.90. The molecule has 3 nitrogen and oxygen atoms in total. The minimum atomic E-state index is -2.64. The van der Waals surface area contributed by atoms with Gasteiger partial charge < -0.3 is 4.74 Å². The number of halogens is 4. The number of nitrogens with zero attached hydrogens (tertiary/aromatic N) is 1. The molecular weight excluding hydrogens is 446 g/mol. The summed E-state index contributed by atoms with van der Waals surface area (Å²) in [5.74, 6) is -0.540. The van der Waals surface area contributed by atoms with Crippen molar-refractivity contribution < 1.29 is 18.3 Å². The summed E-state index contributed by atoms with van der Waals surface area (Å²) in [4.78, 5) is 15.0. The molecular formula is C9H7F2I2NO2. The van der Waals surface area contributed by atoms with Crippen LogP contribution in [-0.2, 0) is 16.0 Å². The SMILES string of the molecule is COC(=O)Cc1c(C(F)F)cnc(I)c1I. The van der Waals surface area contributed by atoms with Crippen molar-refractivity contribution in [3.05, 3.63) is 24.6 Å². The van der Waals surface area contributed by atoms with Crippen molar-refractivity contribution in [3.63, 3.8) is 0 Å². The predicted octanol–water partition coefficient (Wildman–Crippen LogP) is 2.94. The molecule has 88 valence electrons. The number of carbonyl (C=O) groups excluding carboxylic acids is 1. The largest absolute Gasteiger partial charge is 0.469 e. The van der Waals surface area contributed by atoms with Gasteiger partial charge in [0.1, 0.15) is 3.70 Å².